The summed E-state index contributed by atoms with van der Waals surface area (Å²) in [6.07, 6.45) is 1.78. The number of hydrogen-bond acceptors (Lipinski definition) is 3. The largest absolute Gasteiger partial charge is 0.490 e. The zero-order valence-corrected chi connectivity index (χ0v) is 12.5. The van der Waals surface area contributed by atoms with E-state index in [-0.39, 0.29) is 17.9 Å². The Labute approximate surface area is 120 Å². The summed E-state index contributed by atoms with van der Waals surface area (Å²) in [4.78, 5) is 12.4. The first-order valence-electron chi connectivity index (χ1n) is 6.92. The Bertz CT molecular complexity index is 583. The molecule has 0 unspecified atom stereocenters. The summed E-state index contributed by atoms with van der Waals surface area (Å²) < 4.78 is 5.82. The van der Waals surface area contributed by atoms with E-state index in [2.05, 4.69) is 11.9 Å². The molecule has 1 aromatic rings. The van der Waals surface area contributed by atoms with Crippen molar-refractivity contribution in [3.05, 3.63) is 47.6 Å². The van der Waals surface area contributed by atoms with E-state index in [1.54, 1.807) is 6.08 Å². The van der Waals surface area contributed by atoms with E-state index in [1.165, 1.54) is 0 Å². The Morgan fingerprint density at radius 1 is 1.20 bits per heavy atom. The zero-order valence-electron chi connectivity index (χ0n) is 12.5. The lowest BCUT2D eigenvalue weighted by atomic mass is 9.90. The highest BCUT2D eigenvalue weighted by Crippen LogP contribution is 2.34. The molecule has 0 bridgehead atoms. The van der Waals surface area contributed by atoms with E-state index in [1.807, 2.05) is 45.9 Å². The van der Waals surface area contributed by atoms with Gasteiger partial charge in [0.1, 0.15) is 5.76 Å². The minimum atomic E-state index is -0.0418. The third-order valence-corrected chi connectivity index (χ3v) is 2.96. The summed E-state index contributed by atoms with van der Waals surface area (Å²) in [7, 11) is 0. The third-order valence-electron chi connectivity index (χ3n) is 2.96. The van der Waals surface area contributed by atoms with Gasteiger partial charge in [-0.2, -0.15) is 0 Å². The first kappa shape index (κ1) is 14.4. The topological polar surface area (TPSA) is 38.3 Å². The second kappa shape index (κ2) is 5.53. The van der Waals surface area contributed by atoms with Gasteiger partial charge in [0.05, 0.1) is 11.7 Å². The molecule has 3 nitrogen and oxygen atoms in total. The molecule has 1 N–H and O–H groups in total. The van der Waals surface area contributed by atoms with Crippen LogP contribution in [0, 0.1) is 0 Å². The first-order chi connectivity index (χ1) is 9.40. The lowest BCUT2D eigenvalue weighted by molar-refractivity contribution is 0.103. The van der Waals surface area contributed by atoms with Crippen LogP contribution in [0.3, 0.4) is 0 Å². The molecular formula is C17H21NO2. The molecule has 1 aromatic carbocycles. The molecule has 0 aromatic heterocycles. The molecule has 0 heterocycles. The van der Waals surface area contributed by atoms with Gasteiger partial charge in [0.25, 0.3) is 0 Å². The van der Waals surface area contributed by atoms with Crippen LogP contribution in [-0.4, -0.2) is 17.9 Å². The van der Waals surface area contributed by atoms with E-state index in [9.17, 15) is 4.79 Å². The van der Waals surface area contributed by atoms with Gasteiger partial charge in [-0.3, -0.25) is 4.79 Å². The van der Waals surface area contributed by atoms with Crippen molar-refractivity contribution in [2.45, 2.75) is 39.8 Å². The van der Waals surface area contributed by atoms with E-state index in [0.717, 1.165) is 11.3 Å². The number of hydrogen-bond donors (Lipinski definition) is 1. The second-order valence-electron chi connectivity index (χ2n) is 5.56. The van der Waals surface area contributed by atoms with Gasteiger partial charge in [-0.15, -0.1) is 0 Å². The van der Waals surface area contributed by atoms with Gasteiger partial charge < -0.3 is 10.1 Å². The SMILES string of the molecule is C=C1C=C(OC(C)C)c2cccc(NC(C)C)c2C1=O. The molecule has 2 rings (SSSR count). The number of benzene rings is 1. The molecular weight excluding hydrogens is 250 g/mol. The highest BCUT2D eigenvalue weighted by atomic mass is 16.5. The Balaban J connectivity index is 2.54. The summed E-state index contributed by atoms with van der Waals surface area (Å²) in [6, 6.07) is 6.02. The summed E-state index contributed by atoms with van der Waals surface area (Å²) in [5, 5.41) is 3.31. The van der Waals surface area contributed by atoms with E-state index >= 15 is 0 Å². The lowest BCUT2D eigenvalue weighted by Gasteiger charge is -2.24. The number of carbonyl (C=O) groups is 1. The monoisotopic (exact) mass is 271 g/mol. The van der Waals surface area contributed by atoms with E-state index in [4.69, 9.17) is 4.74 Å². The van der Waals surface area contributed by atoms with Crippen LogP contribution in [-0.2, 0) is 4.74 Å². The maximum atomic E-state index is 12.4. The molecule has 0 amide bonds. The van der Waals surface area contributed by atoms with Crippen molar-refractivity contribution in [3.8, 4) is 0 Å². The number of rotatable bonds is 4. The number of fused-ring (bicyclic) bond motifs is 1. The molecule has 0 saturated carbocycles. The molecule has 1 aliphatic rings. The van der Waals surface area contributed by atoms with Crippen molar-refractivity contribution < 1.29 is 9.53 Å². The van der Waals surface area contributed by atoms with Gasteiger partial charge in [-0.05, 0) is 39.8 Å². The van der Waals surface area contributed by atoms with Gasteiger partial charge in [-0.25, -0.2) is 0 Å². The van der Waals surface area contributed by atoms with Gasteiger partial charge >= 0.3 is 0 Å². The Morgan fingerprint density at radius 3 is 2.50 bits per heavy atom. The van der Waals surface area contributed by atoms with Crippen molar-refractivity contribution in [3.63, 3.8) is 0 Å². The molecule has 0 fully saturated rings. The van der Waals surface area contributed by atoms with Crippen molar-refractivity contribution in [1.82, 2.24) is 0 Å². The first-order valence-corrected chi connectivity index (χ1v) is 6.92. The van der Waals surface area contributed by atoms with Crippen LogP contribution in [0.5, 0.6) is 0 Å². The zero-order chi connectivity index (χ0) is 14.9. The number of carbonyl (C=O) groups excluding carboxylic acids is 1. The molecule has 0 radical (unpaired) electrons. The Kier molecular flexibility index (Phi) is 3.98. The Hall–Kier alpha value is -2.03. The number of ether oxygens (including phenoxy) is 1. The van der Waals surface area contributed by atoms with Gasteiger partial charge in [0.2, 0.25) is 0 Å². The number of nitrogens with one attached hydrogen (secondary N) is 1. The average Bonchev–Trinajstić information content (AvgIpc) is 2.34. The second-order valence-corrected chi connectivity index (χ2v) is 5.56. The average molecular weight is 271 g/mol. The van der Waals surface area contributed by atoms with Crippen molar-refractivity contribution in [2.75, 3.05) is 5.32 Å². The van der Waals surface area contributed by atoms with Gasteiger partial charge in [-0.1, -0.05) is 18.7 Å². The van der Waals surface area contributed by atoms with Crippen LogP contribution in [0.25, 0.3) is 5.76 Å². The number of allylic oxidation sites excluding steroid dienone is 2. The molecule has 20 heavy (non-hydrogen) atoms. The number of Topliss-reactive ketones (excluding diaryl/α,β-unsaturated/α-hetero) is 1. The maximum Gasteiger partial charge on any atom is 0.195 e. The number of ketones is 1. The molecule has 0 aliphatic heterocycles. The highest BCUT2D eigenvalue weighted by molar-refractivity contribution is 6.18. The van der Waals surface area contributed by atoms with Crippen molar-refractivity contribution in [2.24, 2.45) is 0 Å². The van der Waals surface area contributed by atoms with Crippen molar-refractivity contribution in [1.29, 1.82) is 0 Å². The smallest absolute Gasteiger partial charge is 0.195 e. The third kappa shape index (κ3) is 2.77. The van der Waals surface area contributed by atoms with Crippen LogP contribution >= 0.6 is 0 Å². The van der Waals surface area contributed by atoms with Crippen LogP contribution in [0.2, 0.25) is 0 Å². The summed E-state index contributed by atoms with van der Waals surface area (Å²) in [6.45, 7) is 11.9. The summed E-state index contributed by atoms with van der Waals surface area (Å²) >= 11 is 0. The van der Waals surface area contributed by atoms with E-state index < -0.39 is 0 Å². The quantitative estimate of drug-likeness (QED) is 0.840. The molecule has 0 spiro atoms. The minimum Gasteiger partial charge on any atom is -0.490 e. The van der Waals surface area contributed by atoms with E-state index in [0.29, 0.717) is 16.9 Å². The fourth-order valence-electron chi connectivity index (χ4n) is 2.25. The molecule has 106 valence electrons. The predicted octanol–water partition coefficient (Wildman–Crippen LogP) is 4.03. The lowest BCUT2D eigenvalue weighted by Crippen LogP contribution is -2.19. The highest BCUT2D eigenvalue weighted by Gasteiger charge is 2.26. The predicted molar refractivity (Wildman–Crippen MR) is 82.9 cm³/mol. The summed E-state index contributed by atoms with van der Waals surface area (Å²) in [5.74, 6) is 0.673. The fraction of sp³-hybridized carbons (Fsp3) is 0.353. The number of anilines is 1. The fourth-order valence-corrected chi connectivity index (χ4v) is 2.25. The molecule has 3 heteroatoms. The minimum absolute atomic E-state index is 0.0418. The standard InChI is InChI=1S/C17H21NO2/c1-10(2)18-14-8-6-7-13-15(20-11(3)4)9-12(5)17(19)16(13)14/h6-11,18H,5H2,1-4H3. The normalized spacial score (nSPS) is 14.4. The van der Waals surface area contributed by atoms with Crippen LogP contribution in [0.15, 0.2) is 36.4 Å². The summed E-state index contributed by atoms with van der Waals surface area (Å²) in [5.41, 5.74) is 2.79. The van der Waals surface area contributed by atoms with Gasteiger partial charge in [0, 0.05) is 22.9 Å². The van der Waals surface area contributed by atoms with Crippen LogP contribution < -0.4 is 5.32 Å². The molecule has 0 saturated heterocycles. The Morgan fingerprint density at radius 2 is 1.90 bits per heavy atom. The van der Waals surface area contributed by atoms with Crippen LogP contribution in [0.1, 0.15) is 43.6 Å². The molecule has 1 aliphatic carbocycles. The molecule has 0 atom stereocenters. The maximum absolute atomic E-state index is 12.4. The van der Waals surface area contributed by atoms with Crippen molar-refractivity contribution >= 4 is 17.2 Å². The van der Waals surface area contributed by atoms with Crippen LogP contribution in [0.4, 0.5) is 5.69 Å². The van der Waals surface area contributed by atoms with Gasteiger partial charge in [0.15, 0.2) is 5.78 Å².